The number of hydrogen-bond donors (Lipinski definition) is 3. The summed E-state index contributed by atoms with van der Waals surface area (Å²) < 4.78 is 83.7. The lowest BCUT2D eigenvalue weighted by Gasteiger charge is -2.20. The lowest BCUT2D eigenvalue weighted by atomic mass is 10.0. The van der Waals surface area contributed by atoms with E-state index < -0.39 is 7.82 Å². The van der Waals surface area contributed by atoms with E-state index in [0.717, 1.165) is 0 Å². The molecule has 0 atom stereocenters. The molecule has 0 spiro atoms. The van der Waals surface area contributed by atoms with Crippen molar-refractivity contribution in [2.45, 2.75) is 0 Å². The number of phosphoric acid groups is 1. The Morgan fingerprint density at radius 2 is 0.648 bits per heavy atom. The standard InChI is InChI=1S/C48H36N9O13P/c1-59-34-16-28(19-37-46(34)65-22-62-37)43-40(49-55-52-43)25-4-10-31(11-5-25)68-71(58,69-32-12-6-26(7-13-32)41-44(53-56-50-41)29-17-35(60-2)47-38(20-29)63-23-66-47)70-33-14-8-27(9-15-33)42-45(54-57-51-42)30-18-36(61-3)48-39(21-30)64-24-67-48/h4-21H,22-24H2,1-3H3,(H,49,52,55)(H,50,53,56)(H,51,54,57). The van der Waals surface area contributed by atoms with Crippen LogP contribution in [0.25, 0.3) is 67.5 Å². The van der Waals surface area contributed by atoms with Crippen molar-refractivity contribution in [2.75, 3.05) is 41.7 Å². The van der Waals surface area contributed by atoms with E-state index in [1.54, 1.807) is 131 Å². The Kier molecular flexibility index (Phi) is 10.6. The number of methoxy groups -OCH3 is 3. The zero-order valence-corrected chi connectivity index (χ0v) is 38.3. The van der Waals surface area contributed by atoms with Crippen molar-refractivity contribution in [2.24, 2.45) is 0 Å². The van der Waals surface area contributed by atoms with Gasteiger partial charge in [0, 0.05) is 33.4 Å². The average Bonchev–Trinajstić information content (AvgIpc) is 4.26. The molecule has 22 nitrogen and oxygen atoms in total. The van der Waals surface area contributed by atoms with Gasteiger partial charge in [0.1, 0.15) is 51.4 Å². The summed E-state index contributed by atoms with van der Waals surface area (Å²) >= 11 is 0. The zero-order valence-electron chi connectivity index (χ0n) is 37.5. The number of H-pyrrole nitrogens is 3. The average molecular weight is 978 g/mol. The van der Waals surface area contributed by atoms with Crippen LogP contribution in [0.15, 0.2) is 109 Å². The highest BCUT2D eigenvalue weighted by atomic mass is 31.2. The van der Waals surface area contributed by atoms with Crippen LogP contribution in [0.5, 0.6) is 69.0 Å². The lowest BCUT2D eigenvalue weighted by Crippen LogP contribution is -2.07. The Labute approximate surface area is 401 Å². The Bertz CT molecular complexity index is 3150. The van der Waals surface area contributed by atoms with Crippen LogP contribution >= 0.6 is 7.82 Å². The van der Waals surface area contributed by atoms with Gasteiger partial charge in [-0.3, -0.25) is 0 Å². The summed E-state index contributed by atoms with van der Waals surface area (Å²) in [7, 11) is 0.0832. The summed E-state index contributed by atoms with van der Waals surface area (Å²) in [4.78, 5) is 0. The zero-order chi connectivity index (χ0) is 48.1. The highest BCUT2D eigenvalue weighted by molar-refractivity contribution is 7.49. The Morgan fingerprint density at radius 3 is 0.915 bits per heavy atom. The fourth-order valence-electron chi connectivity index (χ4n) is 8.16. The molecule has 0 amide bonds. The molecule has 0 aliphatic carbocycles. The molecule has 12 rings (SSSR count). The number of benzene rings is 6. The molecule has 3 N–H and O–H groups in total. The molecular weight excluding hydrogens is 942 g/mol. The highest BCUT2D eigenvalue weighted by Gasteiger charge is 2.34. The summed E-state index contributed by atoms with van der Waals surface area (Å²) in [6, 6.07) is 30.9. The lowest BCUT2D eigenvalue weighted by molar-refractivity contribution is 0.171. The van der Waals surface area contributed by atoms with Crippen molar-refractivity contribution in [1.29, 1.82) is 0 Å². The Morgan fingerprint density at radius 1 is 0.380 bits per heavy atom. The van der Waals surface area contributed by atoms with E-state index in [2.05, 4.69) is 46.2 Å². The van der Waals surface area contributed by atoms with E-state index in [9.17, 15) is 4.57 Å². The van der Waals surface area contributed by atoms with Crippen molar-refractivity contribution in [3.8, 4) is 137 Å². The monoisotopic (exact) mass is 977 g/mol. The van der Waals surface area contributed by atoms with Gasteiger partial charge in [0.05, 0.1) is 21.3 Å². The molecule has 0 bridgehead atoms. The first kappa shape index (κ1) is 42.9. The van der Waals surface area contributed by atoms with Gasteiger partial charge in [0.15, 0.2) is 34.5 Å². The second-order valence-corrected chi connectivity index (χ2v) is 17.0. The van der Waals surface area contributed by atoms with Crippen LogP contribution in [-0.4, -0.2) is 87.9 Å². The summed E-state index contributed by atoms with van der Waals surface area (Å²) in [5.74, 6) is 5.05. The van der Waals surface area contributed by atoms with Gasteiger partial charge >= 0.3 is 7.82 Å². The largest absolute Gasteiger partial charge is 0.647 e. The molecular formula is C48H36N9O13P. The van der Waals surface area contributed by atoms with E-state index in [4.69, 9.17) is 56.2 Å². The van der Waals surface area contributed by atoms with Crippen LogP contribution < -0.4 is 56.2 Å². The normalized spacial score (nSPS) is 13.0. The first-order valence-corrected chi connectivity index (χ1v) is 23.0. The van der Waals surface area contributed by atoms with Gasteiger partial charge in [-0.1, -0.05) is 0 Å². The minimum atomic E-state index is -4.56. The van der Waals surface area contributed by atoms with Gasteiger partial charge in [-0.2, -0.15) is 50.8 Å². The molecule has 356 valence electrons. The maximum absolute atomic E-state index is 15.0. The number of nitrogens with zero attached hydrogens (tertiary/aromatic N) is 6. The molecule has 3 aliphatic heterocycles. The third-order valence-corrected chi connectivity index (χ3v) is 12.8. The number of phosphoric ester groups is 1. The first-order chi connectivity index (χ1) is 34.8. The van der Waals surface area contributed by atoms with E-state index in [1.807, 2.05) is 0 Å². The van der Waals surface area contributed by atoms with Crippen LogP contribution in [-0.2, 0) is 4.57 Å². The van der Waals surface area contributed by atoms with Crippen LogP contribution in [0, 0.1) is 0 Å². The third-order valence-electron chi connectivity index (χ3n) is 11.5. The predicted octanol–water partition coefficient (Wildman–Crippen LogP) is 8.90. The molecule has 3 aromatic heterocycles. The molecule has 0 saturated carbocycles. The van der Waals surface area contributed by atoms with Gasteiger partial charge in [-0.15, -0.1) is 0 Å². The topological polar surface area (TPSA) is 253 Å². The molecule has 0 saturated heterocycles. The molecule has 9 aromatic rings. The summed E-state index contributed by atoms with van der Waals surface area (Å²) in [6.45, 7) is 0.216. The number of hydrogen-bond acceptors (Lipinski definition) is 19. The minimum Gasteiger partial charge on any atom is -0.493 e. The molecule has 23 heteroatoms. The van der Waals surface area contributed by atoms with E-state index in [0.29, 0.717) is 119 Å². The van der Waals surface area contributed by atoms with Gasteiger partial charge in [-0.25, -0.2) is 0 Å². The molecule has 71 heavy (non-hydrogen) atoms. The number of aromatic amines is 3. The van der Waals surface area contributed by atoms with Crippen LogP contribution in [0.1, 0.15) is 0 Å². The molecule has 6 aromatic carbocycles. The number of rotatable bonds is 15. The maximum Gasteiger partial charge on any atom is 0.647 e. The Balaban J connectivity index is 0.834. The SMILES string of the molecule is COc1cc(-c2n[nH]nc2-c2ccc(OP(=O)(Oc3ccc(-c4n[nH]nc4-c4cc(OC)c5c(c4)OCO5)cc3)Oc3ccc(-c4n[nH]nc4-c4cc(OC)c5c(c4)OCO5)cc3)cc2)cc2c1OCO2. The van der Waals surface area contributed by atoms with Gasteiger partial charge in [0.25, 0.3) is 0 Å². The Hall–Kier alpha value is -9.43. The quantitative estimate of drug-likeness (QED) is 0.0811. The predicted molar refractivity (Wildman–Crippen MR) is 249 cm³/mol. The highest BCUT2D eigenvalue weighted by Crippen LogP contribution is 2.52. The van der Waals surface area contributed by atoms with Gasteiger partial charge < -0.3 is 56.2 Å². The van der Waals surface area contributed by atoms with Crippen LogP contribution in [0.3, 0.4) is 0 Å². The van der Waals surface area contributed by atoms with E-state index in [-0.39, 0.29) is 37.6 Å². The van der Waals surface area contributed by atoms with E-state index in [1.165, 1.54) is 0 Å². The van der Waals surface area contributed by atoms with Crippen LogP contribution in [0.4, 0.5) is 0 Å². The van der Waals surface area contributed by atoms with Crippen molar-refractivity contribution in [3.63, 3.8) is 0 Å². The summed E-state index contributed by atoms with van der Waals surface area (Å²) in [5, 5.41) is 34.6. The number of ether oxygens (including phenoxy) is 9. The van der Waals surface area contributed by atoms with Gasteiger partial charge in [-0.05, 0) is 109 Å². The summed E-state index contributed by atoms with van der Waals surface area (Å²) in [5.41, 5.74) is 7.19. The van der Waals surface area contributed by atoms with Crippen molar-refractivity contribution < 1.29 is 60.8 Å². The molecule has 6 heterocycles. The van der Waals surface area contributed by atoms with Crippen molar-refractivity contribution in [3.05, 3.63) is 109 Å². The van der Waals surface area contributed by atoms with Crippen molar-refractivity contribution in [1.82, 2.24) is 46.2 Å². The second-order valence-electron chi connectivity index (χ2n) is 15.6. The fourth-order valence-corrected chi connectivity index (χ4v) is 9.42. The molecule has 0 unspecified atom stereocenters. The molecule has 0 radical (unpaired) electrons. The minimum absolute atomic E-state index is 0.0720. The van der Waals surface area contributed by atoms with Gasteiger partial charge in [0.2, 0.25) is 37.6 Å². The van der Waals surface area contributed by atoms with E-state index >= 15 is 0 Å². The number of nitrogens with one attached hydrogen (secondary N) is 3. The molecule has 3 aliphatic rings. The fraction of sp³-hybridized carbons (Fsp3) is 0.125. The van der Waals surface area contributed by atoms with Crippen molar-refractivity contribution >= 4 is 7.82 Å². The number of fused-ring (bicyclic) bond motifs is 3. The first-order valence-electron chi connectivity index (χ1n) is 21.5. The number of aromatic nitrogens is 9. The summed E-state index contributed by atoms with van der Waals surface area (Å²) in [6.07, 6.45) is 0. The smallest absolute Gasteiger partial charge is 0.493 e. The van der Waals surface area contributed by atoms with Crippen LogP contribution in [0.2, 0.25) is 0 Å². The third kappa shape index (κ3) is 7.96. The maximum atomic E-state index is 15.0. The molecule has 0 fully saturated rings. The second kappa shape index (κ2) is 17.6.